The van der Waals surface area contributed by atoms with Gasteiger partial charge in [0.05, 0.1) is 0 Å². The summed E-state index contributed by atoms with van der Waals surface area (Å²) in [5.41, 5.74) is 4.07. The predicted octanol–water partition coefficient (Wildman–Crippen LogP) is 2.11. The third-order valence-electron chi connectivity index (χ3n) is 2.72. The van der Waals surface area contributed by atoms with Crippen LogP contribution in [0.5, 0.6) is 0 Å². The summed E-state index contributed by atoms with van der Waals surface area (Å²) in [6.07, 6.45) is 1.17. The van der Waals surface area contributed by atoms with Gasteiger partial charge in [0.1, 0.15) is 0 Å². The summed E-state index contributed by atoms with van der Waals surface area (Å²) in [7, 11) is 2.12. The molecule has 1 aliphatic heterocycles. The lowest BCUT2D eigenvalue weighted by atomic mass is 10.1. The second kappa shape index (κ2) is 3.29. The number of rotatable bonds is 2. The molecule has 1 aliphatic rings. The van der Waals surface area contributed by atoms with E-state index in [1.807, 2.05) is 0 Å². The fraction of sp³-hybridized carbons (Fsp3) is 0.455. The first kappa shape index (κ1) is 8.42. The van der Waals surface area contributed by atoms with Gasteiger partial charge in [-0.15, -0.1) is 0 Å². The highest BCUT2D eigenvalue weighted by Gasteiger charge is 2.10. The number of fused-ring (bicyclic) bond motifs is 1. The van der Waals surface area contributed by atoms with E-state index in [9.17, 15) is 0 Å². The Hall–Kier alpha value is -1.18. The Bertz CT molecular complexity index is 307. The Morgan fingerprint density at radius 2 is 2.31 bits per heavy atom. The van der Waals surface area contributed by atoms with Crippen LogP contribution in [0.4, 0.5) is 11.4 Å². The number of hydrogen-bond acceptors (Lipinski definition) is 2. The molecule has 1 N–H and O–H groups in total. The van der Waals surface area contributed by atoms with Gasteiger partial charge in [-0.3, -0.25) is 0 Å². The zero-order valence-corrected chi connectivity index (χ0v) is 8.30. The molecule has 0 atom stereocenters. The maximum Gasteiger partial charge on any atom is 0.0394 e. The minimum absolute atomic E-state index is 1.05. The van der Waals surface area contributed by atoms with E-state index in [4.69, 9.17) is 0 Å². The Labute approximate surface area is 79.6 Å². The third-order valence-corrected chi connectivity index (χ3v) is 2.72. The van der Waals surface area contributed by atoms with E-state index in [0.29, 0.717) is 0 Å². The van der Waals surface area contributed by atoms with Gasteiger partial charge >= 0.3 is 0 Å². The Morgan fingerprint density at radius 3 is 3.08 bits per heavy atom. The van der Waals surface area contributed by atoms with Crippen molar-refractivity contribution in [2.45, 2.75) is 13.3 Å². The predicted molar refractivity (Wildman–Crippen MR) is 57.6 cm³/mol. The minimum Gasteiger partial charge on any atom is -0.384 e. The first-order valence-electron chi connectivity index (χ1n) is 4.89. The first-order chi connectivity index (χ1) is 6.31. The summed E-state index contributed by atoms with van der Waals surface area (Å²) >= 11 is 0. The fourth-order valence-electron chi connectivity index (χ4n) is 1.70. The van der Waals surface area contributed by atoms with Crippen LogP contribution >= 0.6 is 0 Å². The SMILES string of the molecule is CCN(C)c1ccc2c(c1)NCC2. The molecule has 1 aromatic rings. The first-order valence-corrected chi connectivity index (χ1v) is 4.89. The molecule has 70 valence electrons. The maximum atomic E-state index is 3.39. The zero-order chi connectivity index (χ0) is 9.26. The number of hydrogen-bond donors (Lipinski definition) is 1. The van der Waals surface area contributed by atoms with Gasteiger partial charge in [0, 0.05) is 31.5 Å². The average molecular weight is 176 g/mol. The van der Waals surface area contributed by atoms with Crippen LogP contribution in [0.25, 0.3) is 0 Å². The van der Waals surface area contributed by atoms with Crippen molar-refractivity contribution in [2.24, 2.45) is 0 Å². The van der Waals surface area contributed by atoms with Gasteiger partial charge in [-0.1, -0.05) is 6.07 Å². The van der Waals surface area contributed by atoms with Crippen LogP contribution in [0.15, 0.2) is 18.2 Å². The van der Waals surface area contributed by atoms with Crippen molar-refractivity contribution in [3.05, 3.63) is 23.8 Å². The summed E-state index contributed by atoms with van der Waals surface area (Å²) in [4.78, 5) is 2.25. The summed E-state index contributed by atoms with van der Waals surface area (Å²) in [6, 6.07) is 6.68. The van der Waals surface area contributed by atoms with Crippen molar-refractivity contribution in [1.82, 2.24) is 0 Å². The molecular formula is C11H16N2. The molecule has 2 nitrogen and oxygen atoms in total. The minimum atomic E-state index is 1.05. The summed E-state index contributed by atoms with van der Waals surface area (Å²) < 4.78 is 0. The molecule has 0 fully saturated rings. The van der Waals surface area contributed by atoms with Crippen LogP contribution in [0.2, 0.25) is 0 Å². The molecule has 1 heterocycles. The Kier molecular flexibility index (Phi) is 2.13. The van der Waals surface area contributed by atoms with Crippen LogP contribution in [0, 0.1) is 0 Å². The Balaban J connectivity index is 2.30. The average Bonchev–Trinajstić information content (AvgIpc) is 2.63. The van der Waals surface area contributed by atoms with Crippen molar-refractivity contribution in [3.8, 4) is 0 Å². The van der Waals surface area contributed by atoms with E-state index in [-0.39, 0.29) is 0 Å². The van der Waals surface area contributed by atoms with Crippen molar-refractivity contribution in [2.75, 3.05) is 30.4 Å². The molecule has 0 aliphatic carbocycles. The standard InChI is InChI=1S/C11H16N2/c1-3-13(2)10-5-4-9-6-7-12-11(9)8-10/h4-5,8,12H,3,6-7H2,1-2H3. The van der Waals surface area contributed by atoms with E-state index in [1.165, 1.54) is 23.4 Å². The number of nitrogens with zero attached hydrogens (tertiary/aromatic N) is 1. The van der Waals surface area contributed by atoms with Crippen LogP contribution in [-0.4, -0.2) is 20.1 Å². The third kappa shape index (κ3) is 1.48. The summed E-state index contributed by atoms with van der Waals surface area (Å²) in [6.45, 7) is 4.31. The molecule has 0 aromatic heterocycles. The second-order valence-corrected chi connectivity index (χ2v) is 3.53. The lowest BCUT2D eigenvalue weighted by molar-refractivity contribution is 0.968. The topological polar surface area (TPSA) is 15.3 Å². The monoisotopic (exact) mass is 176 g/mol. The second-order valence-electron chi connectivity index (χ2n) is 3.53. The zero-order valence-electron chi connectivity index (χ0n) is 8.30. The van der Waals surface area contributed by atoms with Crippen LogP contribution in [0.3, 0.4) is 0 Å². The molecule has 0 spiro atoms. The van der Waals surface area contributed by atoms with Crippen LogP contribution in [-0.2, 0) is 6.42 Å². The Morgan fingerprint density at radius 1 is 1.46 bits per heavy atom. The lowest BCUT2D eigenvalue weighted by Gasteiger charge is -2.17. The van der Waals surface area contributed by atoms with E-state index >= 15 is 0 Å². The van der Waals surface area contributed by atoms with Gasteiger partial charge in [-0.2, -0.15) is 0 Å². The van der Waals surface area contributed by atoms with E-state index in [0.717, 1.165) is 13.1 Å². The molecule has 13 heavy (non-hydrogen) atoms. The highest BCUT2D eigenvalue weighted by atomic mass is 15.1. The normalized spacial score (nSPS) is 13.7. The van der Waals surface area contributed by atoms with Crippen molar-refractivity contribution >= 4 is 11.4 Å². The summed E-state index contributed by atoms with van der Waals surface area (Å²) in [5, 5.41) is 3.39. The van der Waals surface area contributed by atoms with E-state index < -0.39 is 0 Å². The van der Waals surface area contributed by atoms with Gasteiger partial charge in [-0.05, 0) is 31.0 Å². The van der Waals surface area contributed by atoms with Gasteiger partial charge in [0.2, 0.25) is 0 Å². The quantitative estimate of drug-likeness (QED) is 0.742. The lowest BCUT2D eigenvalue weighted by Crippen LogP contribution is -2.15. The van der Waals surface area contributed by atoms with Gasteiger partial charge in [-0.25, -0.2) is 0 Å². The molecule has 2 heteroatoms. The van der Waals surface area contributed by atoms with Gasteiger partial charge in [0.15, 0.2) is 0 Å². The molecule has 2 rings (SSSR count). The van der Waals surface area contributed by atoms with Crippen LogP contribution in [0.1, 0.15) is 12.5 Å². The number of benzene rings is 1. The molecule has 0 bridgehead atoms. The molecule has 0 saturated carbocycles. The van der Waals surface area contributed by atoms with E-state index in [1.54, 1.807) is 0 Å². The molecule has 1 aromatic carbocycles. The van der Waals surface area contributed by atoms with Crippen LogP contribution < -0.4 is 10.2 Å². The maximum absolute atomic E-state index is 3.39. The molecule has 0 radical (unpaired) electrons. The molecule has 0 unspecified atom stereocenters. The highest BCUT2D eigenvalue weighted by Crippen LogP contribution is 2.26. The number of anilines is 2. The number of nitrogens with one attached hydrogen (secondary N) is 1. The smallest absolute Gasteiger partial charge is 0.0394 e. The summed E-state index contributed by atoms with van der Waals surface area (Å²) in [5.74, 6) is 0. The van der Waals surface area contributed by atoms with Crippen molar-refractivity contribution in [1.29, 1.82) is 0 Å². The van der Waals surface area contributed by atoms with Gasteiger partial charge < -0.3 is 10.2 Å². The molecule has 0 amide bonds. The van der Waals surface area contributed by atoms with Crippen molar-refractivity contribution in [3.63, 3.8) is 0 Å². The fourth-order valence-corrected chi connectivity index (χ4v) is 1.70. The largest absolute Gasteiger partial charge is 0.384 e. The molecular weight excluding hydrogens is 160 g/mol. The van der Waals surface area contributed by atoms with Crippen molar-refractivity contribution < 1.29 is 0 Å². The van der Waals surface area contributed by atoms with E-state index in [2.05, 4.69) is 42.4 Å². The molecule has 0 saturated heterocycles. The highest BCUT2D eigenvalue weighted by molar-refractivity contribution is 5.64. The van der Waals surface area contributed by atoms with Gasteiger partial charge in [0.25, 0.3) is 0 Å².